The molecule has 3 nitrogen and oxygen atoms in total. The number of carboxylic acid groups (broad SMARTS) is 1. The number of allylic oxidation sites excluding steroid dienone is 1. The lowest BCUT2D eigenvalue weighted by Crippen LogP contribution is -2.19. The molecule has 70 valence electrons. The van der Waals surface area contributed by atoms with Gasteiger partial charge in [-0.2, -0.15) is 0 Å². The van der Waals surface area contributed by atoms with Crippen molar-refractivity contribution in [2.24, 2.45) is 0 Å². The molecule has 4 heteroatoms. The molecule has 1 aromatic rings. The minimum absolute atomic E-state index is 0.386. The Labute approximate surface area is 80.7 Å². The van der Waals surface area contributed by atoms with Crippen LogP contribution in [0.4, 0.5) is 4.79 Å². The van der Waals surface area contributed by atoms with Crippen molar-refractivity contribution in [3.8, 4) is 0 Å². The van der Waals surface area contributed by atoms with Gasteiger partial charge in [-0.3, -0.25) is 0 Å². The van der Waals surface area contributed by atoms with Crippen LogP contribution < -0.4 is 5.32 Å². The smallest absolute Gasteiger partial charge is 0.404 e. The summed E-state index contributed by atoms with van der Waals surface area (Å²) in [5.74, 6) is 0. The van der Waals surface area contributed by atoms with Gasteiger partial charge in [0.2, 0.25) is 0 Å². The standard InChI is InChI=1S/C9H11NO2S/c1-2-3-7-4-8(13-6-7)5-10-9(11)12/h2,4,6,10H,1,3,5H2,(H,11,12). The molecule has 0 atom stereocenters. The fourth-order valence-corrected chi connectivity index (χ4v) is 1.80. The third kappa shape index (κ3) is 3.29. The fourth-order valence-electron chi connectivity index (χ4n) is 0.955. The highest BCUT2D eigenvalue weighted by molar-refractivity contribution is 7.10. The van der Waals surface area contributed by atoms with Gasteiger partial charge in [-0.05, 0) is 23.4 Å². The minimum atomic E-state index is -0.987. The van der Waals surface area contributed by atoms with Gasteiger partial charge in [0.15, 0.2) is 0 Å². The molecule has 13 heavy (non-hydrogen) atoms. The SMILES string of the molecule is C=CCc1csc(CNC(=O)O)c1. The zero-order valence-corrected chi connectivity index (χ0v) is 7.93. The van der Waals surface area contributed by atoms with Gasteiger partial charge in [0, 0.05) is 4.88 Å². The Balaban J connectivity index is 2.48. The van der Waals surface area contributed by atoms with E-state index in [4.69, 9.17) is 5.11 Å². The molecule has 0 radical (unpaired) electrons. The van der Waals surface area contributed by atoms with Gasteiger partial charge in [-0.15, -0.1) is 17.9 Å². The average molecular weight is 197 g/mol. The molecule has 0 aliphatic carbocycles. The summed E-state index contributed by atoms with van der Waals surface area (Å²) in [5, 5.41) is 12.7. The van der Waals surface area contributed by atoms with Crippen LogP contribution in [0.15, 0.2) is 24.1 Å². The maximum atomic E-state index is 10.2. The van der Waals surface area contributed by atoms with Crippen molar-refractivity contribution in [1.82, 2.24) is 5.32 Å². The van der Waals surface area contributed by atoms with Gasteiger partial charge >= 0.3 is 6.09 Å². The van der Waals surface area contributed by atoms with Crippen molar-refractivity contribution < 1.29 is 9.90 Å². The normalized spacial score (nSPS) is 9.54. The maximum Gasteiger partial charge on any atom is 0.404 e. The summed E-state index contributed by atoms with van der Waals surface area (Å²) >= 11 is 1.56. The molecule has 0 saturated carbocycles. The van der Waals surface area contributed by atoms with Crippen LogP contribution in [0.2, 0.25) is 0 Å². The lowest BCUT2D eigenvalue weighted by atomic mass is 10.2. The number of hydrogen-bond acceptors (Lipinski definition) is 2. The lowest BCUT2D eigenvalue weighted by molar-refractivity contribution is 0.194. The molecule has 1 aromatic heterocycles. The van der Waals surface area contributed by atoms with Crippen LogP contribution in [-0.4, -0.2) is 11.2 Å². The molecule has 0 bridgehead atoms. The van der Waals surface area contributed by atoms with E-state index in [2.05, 4.69) is 11.9 Å². The van der Waals surface area contributed by atoms with Crippen LogP contribution in [0.3, 0.4) is 0 Å². The van der Waals surface area contributed by atoms with Crippen molar-refractivity contribution in [2.75, 3.05) is 0 Å². The van der Waals surface area contributed by atoms with E-state index >= 15 is 0 Å². The van der Waals surface area contributed by atoms with Gasteiger partial charge in [-0.25, -0.2) is 4.79 Å². The van der Waals surface area contributed by atoms with Crippen molar-refractivity contribution in [1.29, 1.82) is 0 Å². The molecule has 2 N–H and O–H groups in total. The number of amides is 1. The van der Waals surface area contributed by atoms with Crippen molar-refractivity contribution in [3.05, 3.63) is 34.5 Å². The van der Waals surface area contributed by atoms with E-state index < -0.39 is 6.09 Å². The van der Waals surface area contributed by atoms with Crippen molar-refractivity contribution in [2.45, 2.75) is 13.0 Å². The number of nitrogens with one attached hydrogen (secondary N) is 1. The number of carbonyl (C=O) groups is 1. The van der Waals surface area contributed by atoms with Crippen LogP contribution in [0.25, 0.3) is 0 Å². The quantitative estimate of drug-likeness (QED) is 0.727. The molecule has 0 fully saturated rings. The van der Waals surface area contributed by atoms with Gasteiger partial charge in [0.25, 0.3) is 0 Å². The topological polar surface area (TPSA) is 49.3 Å². The molecule has 0 aliphatic rings. The summed E-state index contributed by atoms with van der Waals surface area (Å²) in [4.78, 5) is 11.2. The number of thiophene rings is 1. The molecule has 1 heterocycles. The molecular formula is C9H11NO2S. The third-order valence-electron chi connectivity index (χ3n) is 1.50. The van der Waals surface area contributed by atoms with Gasteiger partial charge < -0.3 is 10.4 Å². The summed E-state index contributed by atoms with van der Waals surface area (Å²) in [6, 6.07) is 1.99. The molecule has 0 spiro atoms. The highest BCUT2D eigenvalue weighted by atomic mass is 32.1. The summed E-state index contributed by atoms with van der Waals surface area (Å²) < 4.78 is 0. The molecule has 1 amide bonds. The van der Waals surface area contributed by atoms with E-state index in [-0.39, 0.29) is 0 Å². The highest BCUT2D eigenvalue weighted by Gasteiger charge is 1.99. The van der Waals surface area contributed by atoms with Crippen molar-refractivity contribution >= 4 is 17.4 Å². The van der Waals surface area contributed by atoms with E-state index in [1.807, 2.05) is 17.5 Å². The Morgan fingerprint density at radius 1 is 1.77 bits per heavy atom. The summed E-state index contributed by atoms with van der Waals surface area (Å²) in [5.41, 5.74) is 1.18. The first-order valence-electron chi connectivity index (χ1n) is 3.86. The van der Waals surface area contributed by atoms with E-state index in [9.17, 15) is 4.79 Å². The second kappa shape index (κ2) is 4.67. The second-order valence-electron chi connectivity index (χ2n) is 2.57. The van der Waals surface area contributed by atoms with Crippen LogP contribution in [0, 0.1) is 0 Å². The maximum absolute atomic E-state index is 10.2. The third-order valence-corrected chi connectivity index (χ3v) is 2.49. The average Bonchev–Trinajstić information content (AvgIpc) is 2.50. The number of rotatable bonds is 4. The van der Waals surface area contributed by atoms with Gasteiger partial charge in [0.1, 0.15) is 0 Å². The predicted octanol–water partition coefficient (Wildman–Crippen LogP) is 2.24. The molecular weight excluding hydrogens is 186 g/mol. The summed E-state index contributed by atoms with van der Waals surface area (Å²) in [6.45, 7) is 4.02. The molecule has 1 rings (SSSR count). The van der Waals surface area contributed by atoms with Crippen LogP contribution >= 0.6 is 11.3 Å². The summed E-state index contributed by atoms with van der Waals surface area (Å²) in [7, 11) is 0. The van der Waals surface area contributed by atoms with Crippen LogP contribution in [0.5, 0.6) is 0 Å². The Morgan fingerprint density at radius 3 is 3.15 bits per heavy atom. The van der Waals surface area contributed by atoms with E-state index in [0.717, 1.165) is 11.3 Å². The highest BCUT2D eigenvalue weighted by Crippen LogP contribution is 2.14. The zero-order valence-electron chi connectivity index (χ0n) is 7.12. The van der Waals surface area contributed by atoms with Crippen molar-refractivity contribution in [3.63, 3.8) is 0 Å². The molecule has 0 aromatic carbocycles. The Morgan fingerprint density at radius 2 is 2.54 bits per heavy atom. The molecule has 0 saturated heterocycles. The predicted molar refractivity (Wildman–Crippen MR) is 53.1 cm³/mol. The monoisotopic (exact) mass is 197 g/mol. The largest absolute Gasteiger partial charge is 0.465 e. The van der Waals surface area contributed by atoms with Crippen LogP contribution in [0.1, 0.15) is 10.4 Å². The first kappa shape index (κ1) is 9.80. The first-order chi connectivity index (χ1) is 6.22. The number of hydrogen-bond donors (Lipinski definition) is 2. The minimum Gasteiger partial charge on any atom is -0.465 e. The fraction of sp³-hybridized carbons (Fsp3) is 0.222. The Kier molecular flexibility index (Phi) is 3.52. The van der Waals surface area contributed by atoms with E-state index in [1.54, 1.807) is 11.3 Å². The molecule has 0 aliphatic heterocycles. The van der Waals surface area contributed by atoms with E-state index in [1.165, 1.54) is 5.56 Å². The van der Waals surface area contributed by atoms with Crippen LogP contribution in [-0.2, 0) is 13.0 Å². The van der Waals surface area contributed by atoms with E-state index in [0.29, 0.717) is 6.54 Å². The second-order valence-corrected chi connectivity index (χ2v) is 3.57. The molecule has 0 unspecified atom stereocenters. The zero-order chi connectivity index (χ0) is 9.68. The summed E-state index contributed by atoms with van der Waals surface area (Å²) in [6.07, 6.45) is 1.68. The van der Waals surface area contributed by atoms with Gasteiger partial charge in [-0.1, -0.05) is 6.08 Å². The Bertz CT molecular complexity index is 306. The van der Waals surface area contributed by atoms with Gasteiger partial charge in [0.05, 0.1) is 6.54 Å². The first-order valence-corrected chi connectivity index (χ1v) is 4.74. The Hall–Kier alpha value is -1.29. The lowest BCUT2D eigenvalue weighted by Gasteiger charge is -1.95.